The van der Waals surface area contributed by atoms with Crippen LogP contribution < -0.4 is 5.32 Å². The Hall–Kier alpha value is -1.90. The van der Waals surface area contributed by atoms with Crippen LogP contribution in [-0.2, 0) is 16.0 Å². The molecule has 2 rings (SSSR count). The summed E-state index contributed by atoms with van der Waals surface area (Å²) in [6.45, 7) is 3.54. The van der Waals surface area contributed by atoms with Crippen LogP contribution in [0.15, 0.2) is 35.9 Å². The molecule has 0 heterocycles. The summed E-state index contributed by atoms with van der Waals surface area (Å²) in [6, 6.07) is 7.93. The van der Waals surface area contributed by atoms with Crippen LogP contribution in [0.5, 0.6) is 0 Å². The van der Waals surface area contributed by atoms with Crippen molar-refractivity contribution < 1.29 is 9.59 Å². The fourth-order valence-electron chi connectivity index (χ4n) is 2.74. The number of carbonyl (C=O) groups is 2. The maximum Gasteiger partial charge on any atom is 0.221 e. The SMILES string of the molecule is CC(=O)Nc1ccc(CCC2CC(=O)C=C(C)C2)cc1. The average molecular weight is 271 g/mol. The normalized spacial score (nSPS) is 18.6. The Labute approximate surface area is 120 Å². The summed E-state index contributed by atoms with van der Waals surface area (Å²) >= 11 is 0. The van der Waals surface area contributed by atoms with Crippen LogP contribution in [0, 0.1) is 5.92 Å². The van der Waals surface area contributed by atoms with E-state index in [4.69, 9.17) is 0 Å². The topological polar surface area (TPSA) is 46.2 Å². The third kappa shape index (κ3) is 4.34. The average Bonchev–Trinajstić information content (AvgIpc) is 2.36. The van der Waals surface area contributed by atoms with Gasteiger partial charge in [-0.25, -0.2) is 0 Å². The van der Waals surface area contributed by atoms with Crippen LogP contribution in [0.3, 0.4) is 0 Å². The summed E-state index contributed by atoms with van der Waals surface area (Å²) in [4.78, 5) is 22.5. The molecule has 0 radical (unpaired) electrons. The molecule has 1 atom stereocenters. The zero-order chi connectivity index (χ0) is 14.5. The van der Waals surface area contributed by atoms with E-state index in [0.717, 1.165) is 24.9 Å². The summed E-state index contributed by atoms with van der Waals surface area (Å²) < 4.78 is 0. The van der Waals surface area contributed by atoms with Crippen molar-refractivity contribution >= 4 is 17.4 Å². The lowest BCUT2D eigenvalue weighted by Crippen LogP contribution is -2.14. The number of carbonyl (C=O) groups excluding carboxylic acids is 2. The molecule has 3 nitrogen and oxygen atoms in total. The van der Waals surface area contributed by atoms with Crippen molar-refractivity contribution in [3.63, 3.8) is 0 Å². The Balaban J connectivity index is 1.86. The van der Waals surface area contributed by atoms with Gasteiger partial charge in [0.05, 0.1) is 0 Å². The van der Waals surface area contributed by atoms with Crippen LogP contribution >= 0.6 is 0 Å². The lowest BCUT2D eigenvalue weighted by atomic mass is 9.85. The van der Waals surface area contributed by atoms with E-state index in [1.165, 1.54) is 18.1 Å². The van der Waals surface area contributed by atoms with E-state index >= 15 is 0 Å². The van der Waals surface area contributed by atoms with E-state index < -0.39 is 0 Å². The first kappa shape index (κ1) is 14.5. The number of amides is 1. The number of benzene rings is 1. The van der Waals surface area contributed by atoms with E-state index in [9.17, 15) is 9.59 Å². The van der Waals surface area contributed by atoms with Crippen LogP contribution in [0.1, 0.15) is 38.7 Å². The van der Waals surface area contributed by atoms with Gasteiger partial charge in [-0.1, -0.05) is 17.7 Å². The van der Waals surface area contributed by atoms with Gasteiger partial charge in [-0.2, -0.15) is 0 Å². The highest BCUT2D eigenvalue weighted by Crippen LogP contribution is 2.26. The van der Waals surface area contributed by atoms with Crippen molar-refractivity contribution in [1.82, 2.24) is 0 Å². The van der Waals surface area contributed by atoms with Gasteiger partial charge < -0.3 is 5.32 Å². The van der Waals surface area contributed by atoms with E-state index in [1.54, 1.807) is 6.08 Å². The molecule has 1 aliphatic carbocycles. The van der Waals surface area contributed by atoms with Gasteiger partial charge in [0, 0.05) is 19.0 Å². The fraction of sp³-hybridized carbons (Fsp3) is 0.412. The number of allylic oxidation sites excluding steroid dienone is 2. The minimum Gasteiger partial charge on any atom is -0.326 e. The molecule has 0 saturated carbocycles. The van der Waals surface area contributed by atoms with Gasteiger partial charge in [0.25, 0.3) is 0 Å². The van der Waals surface area contributed by atoms with Crippen molar-refractivity contribution in [2.75, 3.05) is 5.32 Å². The monoisotopic (exact) mass is 271 g/mol. The van der Waals surface area contributed by atoms with Crippen LogP contribution in [0.25, 0.3) is 0 Å². The quantitative estimate of drug-likeness (QED) is 0.911. The highest BCUT2D eigenvalue weighted by molar-refractivity contribution is 5.91. The molecule has 0 aliphatic heterocycles. The molecule has 1 N–H and O–H groups in total. The molecule has 0 aromatic heterocycles. The van der Waals surface area contributed by atoms with Crippen molar-refractivity contribution in [1.29, 1.82) is 0 Å². The second-order valence-corrected chi connectivity index (χ2v) is 5.65. The van der Waals surface area contributed by atoms with Crippen LogP contribution in [0.4, 0.5) is 5.69 Å². The number of hydrogen-bond acceptors (Lipinski definition) is 2. The Bertz CT molecular complexity index is 528. The maximum absolute atomic E-state index is 11.5. The molecule has 106 valence electrons. The van der Waals surface area contributed by atoms with Crippen molar-refractivity contribution in [3.8, 4) is 0 Å². The summed E-state index contributed by atoms with van der Waals surface area (Å²) in [5.41, 5.74) is 3.28. The number of ketones is 1. The Morgan fingerprint density at radius 2 is 1.95 bits per heavy atom. The predicted octanol–water partition coefficient (Wildman–Crippen LogP) is 3.50. The van der Waals surface area contributed by atoms with Crippen LogP contribution in [0.2, 0.25) is 0 Å². The lowest BCUT2D eigenvalue weighted by Gasteiger charge is -2.20. The van der Waals surface area contributed by atoms with Gasteiger partial charge in [0.1, 0.15) is 0 Å². The summed E-state index contributed by atoms with van der Waals surface area (Å²) in [5.74, 6) is 0.683. The Morgan fingerprint density at radius 3 is 2.55 bits per heavy atom. The van der Waals surface area contributed by atoms with E-state index in [-0.39, 0.29) is 11.7 Å². The molecular formula is C17H21NO2. The summed E-state index contributed by atoms with van der Waals surface area (Å²) in [7, 11) is 0. The summed E-state index contributed by atoms with van der Waals surface area (Å²) in [6.07, 6.45) is 5.51. The molecule has 1 unspecified atom stereocenters. The largest absolute Gasteiger partial charge is 0.326 e. The third-order valence-corrected chi connectivity index (χ3v) is 3.62. The number of aryl methyl sites for hydroxylation is 1. The Kier molecular flexibility index (Phi) is 4.72. The van der Waals surface area contributed by atoms with Gasteiger partial charge >= 0.3 is 0 Å². The number of nitrogens with one attached hydrogen (secondary N) is 1. The van der Waals surface area contributed by atoms with Gasteiger partial charge in [0.2, 0.25) is 5.91 Å². The third-order valence-electron chi connectivity index (χ3n) is 3.62. The Morgan fingerprint density at radius 1 is 1.25 bits per heavy atom. The first-order valence-corrected chi connectivity index (χ1v) is 7.09. The molecule has 0 saturated heterocycles. The van der Waals surface area contributed by atoms with E-state index in [0.29, 0.717) is 12.3 Å². The van der Waals surface area contributed by atoms with Gasteiger partial charge in [0.15, 0.2) is 5.78 Å². The van der Waals surface area contributed by atoms with Crippen molar-refractivity contribution in [2.24, 2.45) is 5.92 Å². The molecule has 1 aromatic carbocycles. The minimum absolute atomic E-state index is 0.0549. The van der Waals surface area contributed by atoms with E-state index in [2.05, 4.69) is 5.32 Å². The van der Waals surface area contributed by atoms with Gasteiger partial charge in [-0.05, 0) is 55.9 Å². The fourth-order valence-corrected chi connectivity index (χ4v) is 2.74. The van der Waals surface area contributed by atoms with Crippen LogP contribution in [-0.4, -0.2) is 11.7 Å². The van der Waals surface area contributed by atoms with Gasteiger partial charge in [-0.3, -0.25) is 9.59 Å². The summed E-state index contributed by atoms with van der Waals surface area (Å²) in [5, 5.41) is 2.76. The smallest absolute Gasteiger partial charge is 0.221 e. The van der Waals surface area contributed by atoms with Crippen molar-refractivity contribution in [3.05, 3.63) is 41.5 Å². The standard InChI is InChI=1S/C17H21NO2/c1-12-9-15(11-17(20)10-12)4-3-14-5-7-16(8-6-14)18-13(2)19/h5-8,10,15H,3-4,9,11H2,1-2H3,(H,18,19). The minimum atomic E-state index is -0.0549. The second-order valence-electron chi connectivity index (χ2n) is 5.65. The maximum atomic E-state index is 11.5. The number of anilines is 1. The zero-order valence-electron chi connectivity index (χ0n) is 12.1. The molecule has 3 heteroatoms. The highest BCUT2D eigenvalue weighted by Gasteiger charge is 2.18. The highest BCUT2D eigenvalue weighted by atomic mass is 16.1. The van der Waals surface area contributed by atoms with Crippen molar-refractivity contribution in [2.45, 2.75) is 39.5 Å². The lowest BCUT2D eigenvalue weighted by molar-refractivity contribution is -0.116. The molecule has 20 heavy (non-hydrogen) atoms. The van der Waals surface area contributed by atoms with Gasteiger partial charge in [-0.15, -0.1) is 0 Å². The molecule has 1 aromatic rings. The molecule has 1 aliphatic rings. The molecular weight excluding hydrogens is 250 g/mol. The van der Waals surface area contributed by atoms with E-state index in [1.807, 2.05) is 31.2 Å². The molecule has 1 amide bonds. The second kappa shape index (κ2) is 6.51. The molecule has 0 spiro atoms. The molecule has 0 bridgehead atoms. The first-order chi connectivity index (χ1) is 9.52. The molecule has 0 fully saturated rings. The first-order valence-electron chi connectivity index (χ1n) is 7.09. The predicted molar refractivity (Wildman–Crippen MR) is 80.6 cm³/mol. The number of rotatable bonds is 4. The zero-order valence-corrected chi connectivity index (χ0v) is 12.1. The number of hydrogen-bond donors (Lipinski definition) is 1.